The number of pyridine rings is 1. The summed E-state index contributed by atoms with van der Waals surface area (Å²) < 4.78 is 15.2. The monoisotopic (exact) mass is 426 g/mol. The van der Waals surface area contributed by atoms with Crippen LogP contribution in [0.5, 0.6) is 0 Å². The minimum atomic E-state index is -0.405. The van der Waals surface area contributed by atoms with Gasteiger partial charge in [-0.15, -0.1) is 0 Å². The van der Waals surface area contributed by atoms with Crippen LogP contribution in [-0.2, 0) is 17.1 Å². The largest absolute Gasteiger partial charge is 0.324 e. The summed E-state index contributed by atoms with van der Waals surface area (Å²) >= 11 is 7.57. The summed E-state index contributed by atoms with van der Waals surface area (Å²) in [4.78, 5) is 21.4. The van der Waals surface area contributed by atoms with Gasteiger partial charge in [0.15, 0.2) is 5.16 Å². The molecule has 0 unspecified atom stereocenters. The molecule has 4 aromatic rings. The first-order chi connectivity index (χ1) is 14.1. The van der Waals surface area contributed by atoms with E-state index in [1.54, 1.807) is 30.6 Å². The van der Waals surface area contributed by atoms with Gasteiger partial charge in [-0.3, -0.25) is 9.78 Å². The summed E-state index contributed by atoms with van der Waals surface area (Å²) in [5.41, 5.74) is 2.98. The predicted molar refractivity (Wildman–Crippen MR) is 114 cm³/mol. The molecule has 0 saturated heterocycles. The van der Waals surface area contributed by atoms with Crippen LogP contribution >= 0.6 is 23.4 Å². The summed E-state index contributed by atoms with van der Waals surface area (Å²) in [7, 11) is 0. The molecule has 0 aliphatic heterocycles. The molecule has 1 N–H and O–H groups in total. The van der Waals surface area contributed by atoms with Gasteiger partial charge >= 0.3 is 0 Å². The fourth-order valence-electron chi connectivity index (χ4n) is 2.90. The lowest BCUT2D eigenvalue weighted by Crippen LogP contribution is -2.19. The molecule has 0 aliphatic carbocycles. The Labute approximate surface area is 175 Å². The second kappa shape index (κ2) is 8.63. The third-order valence-electron chi connectivity index (χ3n) is 4.18. The average molecular weight is 427 g/mol. The molecule has 0 fully saturated rings. The number of amides is 1. The van der Waals surface area contributed by atoms with Gasteiger partial charge in [0.05, 0.1) is 17.2 Å². The molecule has 0 bridgehead atoms. The molecule has 146 valence electrons. The molecule has 4 rings (SSSR count). The van der Waals surface area contributed by atoms with E-state index in [4.69, 9.17) is 11.6 Å². The number of hydrogen-bond donors (Lipinski definition) is 1. The van der Waals surface area contributed by atoms with Crippen LogP contribution in [0.1, 0.15) is 5.56 Å². The zero-order valence-corrected chi connectivity index (χ0v) is 16.8. The highest BCUT2D eigenvalue weighted by atomic mass is 35.5. The van der Waals surface area contributed by atoms with Crippen molar-refractivity contribution in [3.63, 3.8) is 0 Å². The number of thioether (sulfide) groups is 1. The molecule has 0 aliphatic rings. The fraction of sp³-hybridized carbons (Fsp3) is 0.0952. The van der Waals surface area contributed by atoms with Gasteiger partial charge in [0.1, 0.15) is 12.4 Å². The quantitative estimate of drug-likeness (QED) is 0.433. The number of anilines is 1. The summed E-state index contributed by atoms with van der Waals surface area (Å²) in [6.45, 7) is 0.0383. The summed E-state index contributed by atoms with van der Waals surface area (Å²) in [5.74, 6) is -0.0239. The van der Waals surface area contributed by atoms with E-state index in [0.29, 0.717) is 21.6 Å². The number of fused-ring (bicyclic) bond motifs is 1. The van der Waals surface area contributed by atoms with Crippen LogP contribution in [0.15, 0.2) is 72.1 Å². The minimum absolute atomic E-state index is 0.0383. The number of nitrogens with one attached hydrogen (secondary N) is 1. The Morgan fingerprint density at radius 1 is 1.17 bits per heavy atom. The number of imidazole rings is 1. The van der Waals surface area contributed by atoms with Crippen molar-refractivity contribution < 1.29 is 9.18 Å². The maximum Gasteiger partial charge on any atom is 0.244 e. The van der Waals surface area contributed by atoms with Crippen molar-refractivity contribution in [1.29, 1.82) is 0 Å². The fourth-order valence-corrected chi connectivity index (χ4v) is 4.07. The summed E-state index contributed by atoms with van der Waals surface area (Å²) in [5, 5.41) is 4.09. The highest BCUT2D eigenvalue weighted by Crippen LogP contribution is 2.27. The maximum atomic E-state index is 13.4. The minimum Gasteiger partial charge on any atom is -0.324 e. The average Bonchev–Trinajstić information content (AvgIpc) is 3.04. The number of halogens is 2. The van der Waals surface area contributed by atoms with E-state index >= 15 is 0 Å². The third kappa shape index (κ3) is 4.75. The first kappa shape index (κ1) is 19.4. The van der Waals surface area contributed by atoms with Gasteiger partial charge in [0.2, 0.25) is 5.91 Å². The second-order valence-corrected chi connectivity index (χ2v) is 7.70. The van der Waals surface area contributed by atoms with Crippen molar-refractivity contribution >= 4 is 46.0 Å². The molecule has 2 heterocycles. The Morgan fingerprint density at radius 3 is 2.86 bits per heavy atom. The molecule has 8 heteroatoms. The number of carbonyl (C=O) groups is 1. The van der Waals surface area contributed by atoms with Gasteiger partial charge in [-0.25, -0.2) is 9.37 Å². The molecule has 29 heavy (non-hydrogen) atoms. The van der Waals surface area contributed by atoms with E-state index in [2.05, 4.69) is 15.3 Å². The first-order valence-electron chi connectivity index (χ1n) is 8.81. The van der Waals surface area contributed by atoms with Gasteiger partial charge in [0, 0.05) is 22.7 Å². The molecule has 0 spiro atoms. The maximum absolute atomic E-state index is 13.4. The molecule has 5 nitrogen and oxygen atoms in total. The SMILES string of the molecule is O=C(Cn1c(SCc2cccc(Cl)c2)nc2ccncc21)Nc1cccc(F)c1. The van der Waals surface area contributed by atoms with Crippen molar-refractivity contribution in [2.24, 2.45) is 0 Å². The lowest BCUT2D eigenvalue weighted by Gasteiger charge is -2.10. The van der Waals surface area contributed by atoms with Gasteiger partial charge in [-0.1, -0.05) is 41.6 Å². The normalized spacial score (nSPS) is 11.0. The van der Waals surface area contributed by atoms with E-state index < -0.39 is 5.82 Å². The van der Waals surface area contributed by atoms with Gasteiger partial charge in [0.25, 0.3) is 0 Å². The van der Waals surface area contributed by atoms with Gasteiger partial charge < -0.3 is 9.88 Å². The van der Waals surface area contributed by atoms with E-state index in [9.17, 15) is 9.18 Å². The van der Waals surface area contributed by atoms with Crippen LogP contribution in [0.25, 0.3) is 11.0 Å². The summed E-state index contributed by atoms with van der Waals surface area (Å²) in [6.07, 6.45) is 3.35. The molecule has 2 aromatic heterocycles. The predicted octanol–water partition coefficient (Wildman–Crippen LogP) is 5.15. The Balaban J connectivity index is 1.57. The lowest BCUT2D eigenvalue weighted by atomic mass is 10.2. The Hall–Kier alpha value is -2.90. The standard InChI is InChI=1S/C21H16ClFN4OS/c22-15-4-1-3-14(9-15)13-29-21-26-18-7-8-24-11-19(18)27(21)12-20(28)25-17-6-2-5-16(23)10-17/h1-11H,12-13H2,(H,25,28). The number of hydrogen-bond acceptors (Lipinski definition) is 4. The van der Waals surface area contributed by atoms with Gasteiger partial charge in [-0.05, 0) is 42.0 Å². The zero-order valence-electron chi connectivity index (χ0n) is 15.2. The highest BCUT2D eigenvalue weighted by Gasteiger charge is 2.15. The molecule has 0 radical (unpaired) electrons. The van der Waals surface area contributed by atoms with Crippen molar-refractivity contribution in [1.82, 2.24) is 14.5 Å². The van der Waals surface area contributed by atoms with Crippen LogP contribution in [0, 0.1) is 5.82 Å². The van der Waals surface area contributed by atoms with Crippen molar-refractivity contribution in [2.45, 2.75) is 17.5 Å². The molecule has 0 saturated carbocycles. The molecule has 0 atom stereocenters. The number of rotatable bonds is 6. The van der Waals surface area contributed by atoms with Crippen LogP contribution in [0.2, 0.25) is 5.02 Å². The number of aromatic nitrogens is 3. The van der Waals surface area contributed by atoms with Crippen LogP contribution in [0.4, 0.5) is 10.1 Å². The molecule has 1 amide bonds. The molecule has 2 aromatic carbocycles. The van der Waals surface area contributed by atoms with E-state index in [0.717, 1.165) is 16.6 Å². The Morgan fingerprint density at radius 2 is 2.03 bits per heavy atom. The van der Waals surface area contributed by atoms with Crippen LogP contribution < -0.4 is 5.32 Å². The number of carbonyl (C=O) groups excluding carboxylic acids is 1. The number of nitrogens with zero attached hydrogens (tertiary/aromatic N) is 3. The molecular weight excluding hydrogens is 411 g/mol. The first-order valence-corrected chi connectivity index (χ1v) is 10.2. The van der Waals surface area contributed by atoms with Crippen LogP contribution in [-0.4, -0.2) is 20.4 Å². The third-order valence-corrected chi connectivity index (χ3v) is 5.47. The lowest BCUT2D eigenvalue weighted by molar-refractivity contribution is -0.116. The van der Waals surface area contributed by atoms with Crippen LogP contribution in [0.3, 0.4) is 0 Å². The number of benzene rings is 2. The zero-order chi connectivity index (χ0) is 20.2. The molecular formula is C21H16ClFN4OS. The Bertz CT molecular complexity index is 1180. The highest BCUT2D eigenvalue weighted by molar-refractivity contribution is 7.98. The van der Waals surface area contributed by atoms with E-state index in [1.165, 1.54) is 23.9 Å². The second-order valence-electron chi connectivity index (χ2n) is 6.32. The Kier molecular flexibility index (Phi) is 5.78. The smallest absolute Gasteiger partial charge is 0.244 e. The van der Waals surface area contributed by atoms with E-state index in [-0.39, 0.29) is 12.5 Å². The van der Waals surface area contributed by atoms with Gasteiger partial charge in [-0.2, -0.15) is 0 Å². The van der Waals surface area contributed by atoms with Crippen molar-refractivity contribution in [3.8, 4) is 0 Å². The van der Waals surface area contributed by atoms with Crippen molar-refractivity contribution in [2.75, 3.05) is 5.32 Å². The van der Waals surface area contributed by atoms with E-state index in [1.807, 2.05) is 28.8 Å². The summed E-state index contributed by atoms with van der Waals surface area (Å²) in [6, 6.07) is 15.2. The topological polar surface area (TPSA) is 59.8 Å². The van der Waals surface area contributed by atoms with Crippen molar-refractivity contribution in [3.05, 3.63) is 83.4 Å².